The van der Waals surface area contributed by atoms with Crippen LogP contribution in [0.5, 0.6) is 5.75 Å². The molecule has 0 aliphatic rings. The number of rotatable bonds is 9. The molecule has 1 aromatic carbocycles. The van der Waals surface area contributed by atoms with Crippen LogP contribution in [0.3, 0.4) is 0 Å². The lowest BCUT2D eigenvalue weighted by atomic mass is 10.3. The Kier molecular flexibility index (Phi) is 7.15. The number of methoxy groups -OCH3 is 1. The first-order valence-electron chi connectivity index (χ1n) is 6.64. The van der Waals surface area contributed by atoms with Gasteiger partial charge in [-0.2, -0.15) is 0 Å². The molecule has 3 N–H and O–H groups in total. The third kappa shape index (κ3) is 6.19. The van der Waals surface area contributed by atoms with Crippen molar-refractivity contribution in [2.45, 2.75) is 23.8 Å². The van der Waals surface area contributed by atoms with E-state index in [0.29, 0.717) is 0 Å². The molecule has 23 heavy (non-hydrogen) atoms. The summed E-state index contributed by atoms with van der Waals surface area (Å²) in [5, 5.41) is 0.128. The molecular weight excluding hydrogens is 354 g/mol. The van der Waals surface area contributed by atoms with Crippen molar-refractivity contribution in [2.75, 3.05) is 26.8 Å². The van der Waals surface area contributed by atoms with Gasteiger partial charge in [0.25, 0.3) is 5.92 Å². The van der Waals surface area contributed by atoms with E-state index in [-0.39, 0.29) is 22.3 Å². The molecule has 0 saturated carbocycles. The van der Waals surface area contributed by atoms with E-state index in [9.17, 15) is 17.2 Å². The summed E-state index contributed by atoms with van der Waals surface area (Å²) in [6, 6.07) is 3.91. The fourth-order valence-corrected chi connectivity index (χ4v) is 3.08. The van der Waals surface area contributed by atoms with Crippen LogP contribution in [-0.2, 0) is 14.8 Å². The van der Waals surface area contributed by atoms with Gasteiger partial charge in [0.15, 0.2) is 0 Å². The fourth-order valence-electron chi connectivity index (χ4n) is 1.63. The van der Waals surface area contributed by atoms with Gasteiger partial charge in [-0.1, -0.05) is 11.6 Å². The van der Waals surface area contributed by atoms with Crippen molar-refractivity contribution in [2.24, 2.45) is 5.73 Å². The number of benzene rings is 1. The van der Waals surface area contributed by atoms with E-state index in [1.54, 1.807) is 6.92 Å². The number of alkyl halides is 2. The number of ether oxygens (including phenoxy) is 2. The minimum atomic E-state index is -4.25. The molecule has 0 radical (unpaired) electrons. The largest absolute Gasteiger partial charge is 0.487 e. The number of hydrogen-bond acceptors (Lipinski definition) is 5. The highest BCUT2D eigenvalue weighted by Gasteiger charge is 2.30. The summed E-state index contributed by atoms with van der Waals surface area (Å²) >= 11 is 5.80. The first-order chi connectivity index (χ1) is 10.6. The minimum absolute atomic E-state index is 0.0116. The molecule has 1 rings (SSSR count). The average molecular weight is 373 g/mol. The van der Waals surface area contributed by atoms with E-state index < -0.39 is 35.1 Å². The predicted octanol–water partition coefficient (Wildman–Crippen LogP) is 1.63. The SMILES string of the molecule is COCC(C)Oc1ccc(Cl)cc1S(=O)(=O)NCC(F)(F)CN. The lowest BCUT2D eigenvalue weighted by Gasteiger charge is -2.19. The molecule has 0 aromatic heterocycles. The molecule has 132 valence electrons. The van der Waals surface area contributed by atoms with Gasteiger partial charge in [-0.15, -0.1) is 0 Å². The Labute approximate surface area is 138 Å². The van der Waals surface area contributed by atoms with Crippen LogP contribution in [-0.4, -0.2) is 47.3 Å². The summed E-state index contributed by atoms with van der Waals surface area (Å²) in [5.74, 6) is -3.36. The van der Waals surface area contributed by atoms with Crippen LogP contribution in [0.1, 0.15) is 6.92 Å². The van der Waals surface area contributed by atoms with Crippen LogP contribution < -0.4 is 15.2 Å². The fraction of sp³-hybridized carbons (Fsp3) is 0.538. The maximum atomic E-state index is 13.2. The van der Waals surface area contributed by atoms with Crippen LogP contribution in [0.15, 0.2) is 23.1 Å². The molecule has 0 amide bonds. The van der Waals surface area contributed by atoms with E-state index in [1.165, 1.54) is 19.2 Å². The van der Waals surface area contributed by atoms with Gasteiger partial charge in [-0.25, -0.2) is 21.9 Å². The van der Waals surface area contributed by atoms with E-state index in [2.05, 4.69) is 0 Å². The average Bonchev–Trinajstić information content (AvgIpc) is 2.47. The highest BCUT2D eigenvalue weighted by molar-refractivity contribution is 7.89. The molecule has 0 aliphatic carbocycles. The Bertz CT molecular complexity index is 628. The van der Waals surface area contributed by atoms with Gasteiger partial charge >= 0.3 is 0 Å². The first-order valence-corrected chi connectivity index (χ1v) is 8.50. The van der Waals surface area contributed by atoms with Gasteiger partial charge in [0.2, 0.25) is 10.0 Å². The third-order valence-electron chi connectivity index (χ3n) is 2.74. The highest BCUT2D eigenvalue weighted by Crippen LogP contribution is 2.28. The lowest BCUT2D eigenvalue weighted by Crippen LogP contribution is -2.41. The quantitative estimate of drug-likeness (QED) is 0.687. The molecule has 1 atom stereocenters. The van der Waals surface area contributed by atoms with Crippen molar-refractivity contribution in [3.8, 4) is 5.75 Å². The molecular formula is C13H19ClF2N2O4S. The second-order valence-corrected chi connectivity index (χ2v) is 7.03. The van der Waals surface area contributed by atoms with Gasteiger partial charge < -0.3 is 15.2 Å². The number of sulfonamides is 1. The molecule has 0 heterocycles. The van der Waals surface area contributed by atoms with Crippen LogP contribution >= 0.6 is 11.6 Å². The highest BCUT2D eigenvalue weighted by atomic mass is 35.5. The molecule has 0 aliphatic heterocycles. The zero-order valence-corrected chi connectivity index (χ0v) is 14.3. The standard InChI is InChI=1S/C13H19ClF2N2O4S/c1-9(6-21-2)22-11-4-3-10(14)5-12(11)23(19,20)18-8-13(15,16)7-17/h3-5,9,18H,6-8,17H2,1-2H3. The van der Waals surface area contributed by atoms with E-state index >= 15 is 0 Å². The Hall–Kier alpha value is -1.00. The number of nitrogens with two attached hydrogens (primary N) is 1. The summed E-state index contributed by atoms with van der Waals surface area (Å²) in [5.41, 5.74) is 4.88. The molecule has 1 unspecified atom stereocenters. The van der Waals surface area contributed by atoms with Gasteiger partial charge in [0.1, 0.15) is 16.7 Å². The van der Waals surface area contributed by atoms with E-state index in [4.69, 9.17) is 26.8 Å². The Balaban J connectivity index is 3.06. The van der Waals surface area contributed by atoms with Gasteiger partial charge in [-0.05, 0) is 25.1 Å². The Morgan fingerprint density at radius 2 is 2.09 bits per heavy atom. The molecule has 1 aromatic rings. The monoisotopic (exact) mass is 372 g/mol. The molecule has 0 fully saturated rings. The number of hydrogen-bond donors (Lipinski definition) is 2. The summed E-state index contributed by atoms with van der Waals surface area (Å²) in [6.07, 6.45) is -0.444. The van der Waals surface area contributed by atoms with Crippen molar-refractivity contribution in [3.05, 3.63) is 23.2 Å². The Morgan fingerprint density at radius 1 is 1.43 bits per heavy atom. The van der Waals surface area contributed by atoms with Gasteiger partial charge in [0, 0.05) is 12.1 Å². The van der Waals surface area contributed by atoms with Gasteiger partial charge in [-0.3, -0.25) is 0 Å². The number of nitrogens with one attached hydrogen (secondary N) is 1. The smallest absolute Gasteiger partial charge is 0.273 e. The molecule has 0 bridgehead atoms. The van der Waals surface area contributed by atoms with E-state index in [1.807, 2.05) is 4.72 Å². The second-order valence-electron chi connectivity index (χ2n) is 4.86. The second kappa shape index (κ2) is 8.20. The number of halogens is 3. The first kappa shape index (κ1) is 20.0. The van der Waals surface area contributed by atoms with Crippen molar-refractivity contribution in [1.29, 1.82) is 0 Å². The van der Waals surface area contributed by atoms with Crippen LogP contribution in [0.2, 0.25) is 5.02 Å². The van der Waals surface area contributed by atoms with E-state index in [0.717, 1.165) is 6.07 Å². The molecule has 10 heteroatoms. The van der Waals surface area contributed by atoms with Crippen LogP contribution in [0.25, 0.3) is 0 Å². The summed E-state index contributed by atoms with van der Waals surface area (Å²) < 4.78 is 63.0. The minimum Gasteiger partial charge on any atom is -0.487 e. The predicted molar refractivity (Wildman–Crippen MR) is 82.6 cm³/mol. The Morgan fingerprint density at radius 3 is 2.65 bits per heavy atom. The maximum Gasteiger partial charge on any atom is 0.273 e. The molecule has 0 saturated heterocycles. The normalized spacial score (nSPS) is 13.8. The maximum absolute atomic E-state index is 13.2. The van der Waals surface area contributed by atoms with Crippen molar-refractivity contribution in [1.82, 2.24) is 4.72 Å². The zero-order valence-electron chi connectivity index (χ0n) is 12.7. The third-order valence-corrected chi connectivity index (χ3v) is 4.40. The van der Waals surface area contributed by atoms with Gasteiger partial charge in [0.05, 0.1) is 19.7 Å². The summed E-state index contributed by atoms with van der Waals surface area (Å²) in [4.78, 5) is -0.333. The van der Waals surface area contributed by atoms with Crippen LogP contribution in [0, 0.1) is 0 Å². The summed E-state index contributed by atoms with van der Waals surface area (Å²) in [7, 11) is -2.79. The van der Waals surface area contributed by atoms with Crippen molar-refractivity contribution < 1.29 is 26.7 Å². The van der Waals surface area contributed by atoms with Crippen LogP contribution in [0.4, 0.5) is 8.78 Å². The summed E-state index contributed by atoms with van der Waals surface area (Å²) in [6.45, 7) is -0.198. The van der Waals surface area contributed by atoms with Crippen molar-refractivity contribution >= 4 is 21.6 Å². The lowest BCUT2D eigenvalue weighted by molar-refractivity contribution is 0.0170. The topological polar surface area (TPSA) is 90.6 Å². The molecule has 0 spiro atoms. The zero-order chi connectivity index (χ0) is 17.7. The molecule has 6 nitrogen and oxygen atoms in total. The van der Waals surface area contributed by atoms with Crippen molar-refractivity contribution in [3.63, 3.8) is 0 Å².